The summed E-state index contributed by atoms with van der Waals surface area (Å²) in [6, 6.07) is 9.55. The van der Waals surface area contributed by atoms with Crippen LogP contribution in [0.5, 0.6) is 0 Å². The van der Waals surface area contributed by atoms with Gasteiger partial charge in [-0.2, -0.15) is 10.2 Å². The monoisotopic (exact) mass is 492 g/mol. The third-order valence-electron chi connectivity index (χ3n) is 6.07. The standard InChI is InChI=1S/C27H36N6O3/c1-5-36-25(34)13-22-7-6-12-32(18-22)17-21-8-10-23(11-9-21)27(35)31-33(16-19(2)3)26-20(4)15-29-24(14-28)30-26/h8-11,15,19,22H,5-7,12-13,16-18H2,1-4H3,(H,31,35). The number of rotatable bonds is 10. The van der Waals surface area contributed by atoms with Crippen LogP contribution in [-0.4, -0.2) is 53.0 Å². The second-order valence-corrected chi connectivity index (χ2v) is 9.71. The van der Waals surface area contributed by atoms with Crippen molar-refractivity contribution in [3.63, 3.8) is 0 Å². The molecule has 1 amide bonds. The molecule has 1 N–H and O–H groups in total. The van der Waals surface area contributed by atoms with Crippen LogP contribution in [0.25, 0.3) is 0 Å². The van der Waals surface area contributed by atoms with E-state index in [9.17, 15) is 14.9 Å². The van der Waals surface area contributed by atoms with Gasteiger partial charge in [-0.25, -0.2) is 4.98 Å². The number of nitrogens with zero attached hydrogens (tertiary/aromatic N) is 5. The summed E-state index contributed by atoms with van der Waals surface area (Å²) in [6.07, 6.45) is 4.17. The number of hydrazine groups is 1. The molecule has 1 aliphatic rings. The number of nitriles is 1. The summed E-state index contributed by atoms with van der Waals surface area (Å²) in [6.45, 7) is 11.4. The van der Waals surface area contributed by atoms with Gasteiger partial charge in [0.2, 0.25) is 5.82 Å². The number of anilines is 1. The number of nitrogens with one attached hydrogen (secondary N) is 1. The van der Waals surface area contributed by atoms with Crippen LogP contribution in [0.15, 0.2) is 30.5 Å². The van der Waals surface area contributed by atoms with E-state index >= 15 is 0 Å². The van der Waals surface area contributed by atoms with E-state index in [0.717, 1.165) is 43.6 Å². The molecule has 1 unspecified atom stereocenters. The van der Waals surface area contributed by atoms with Crippen molar-refractivity contribution >= 4 is 17.7 Å². The first-order chi connectivity index (χ1) is 17.3. The van der Waals surface area contributed by atoms with Crippen LogP contribution in [0.4, 0.5) is 5.82 Å². The number of amides is 1. The molecule has 2 heterocycles. The van der Waals surface area contributed by atoms with Crippen LogP contribution in [0.2, 0.25) is 0 Å². The van der Waals surface area contributed by atoms with Gasteiger partial charge in [0.15, 0.2) is 5.82 Å². The van der Waals surface area contributed by atoms with Gasteiger partial charge in [-0.05, 0) is 62.8 Å². The highest BCUT2D eigenvalue weighted by atomic mass is 16.5. The second kappa shape index (κ2) is 13.0. The maximum atomic E-state index is 13.1. The lowest BCUT2D eigenvalue weighted by molar-refractivity contribution is -0.144. The number of piperidine rings is 1. The number of carbonyl (C=O) groups excluding carboxylic acids is 2. The van der Waals surface area contributed by atoms with E-state index < -0.39 is 0 Å². The van der Waals surface area contributed by atoms with Crippen molar-refractivity contribution in [1.29, 1.82) is 5.26 Å². The summed E-state index contributed by atoms with van der Waals surface area (Å²) in [5, 5.41) is 10.9. The van der Waals surface area contributed by atoms with E-state index in [-0.39, 0.29) is 23.6 Å². The Kier molecular flexibility index (Phi) is 9.77. The Morgan fingerprint density at radius 1 is 1.31 bits per heavy atom. The molecule has 1 aromatic carbocycles. The minimum absolute atomic E-state index is 0.0603. The van der Waals surface area contributed by atoms with Crippen LogP contribution in [0.3, 0.4) is 0 Å². The number of ether oxygens (including phenoxy) is 1. The molecule has 36 heavy (non-hydrogen) atoms. The average molecular weight is 493 g/mol. The number of carbonyl (C=O) groups is 2. The fourth-order valence-corrected chi connectivity index (χ4v) is 4.43. The first-order valence-corrected chi connectivity index (χ1v) is 12.6. The van der Waals surface area contributed by atoms with Gasteiger partial charge in [-0.15, -0.1) is 0 Å². The Morgan fingerprint density at radius 3 is 2.72 bits per heavy atom. The predicted molar refractivity (Wildman–Crippen MR) is 137 cm³/mol. The Balaban J connectivity index is 1.63. The second-order valence-electron chi connectivity index (χ2n) is 9.71. The Labute approximate surface area is 213 Å². The predicted octanol–water partition coefficient (Wildman–Crippen LogP) is 3.63. The van der Waals surface area contributed by atoms with Crippen molar-refractivity contribution in [3.05, 3.63) is 53.0 Å². The molecule has 0 bridgehead atoms. The maximum Gasteiger partial charge on any atom is 0.306 e. The topological polar surface area (TPSA) is 111 Å². The fourth-order valence-electron chi connectivity index (χ4n) is 4.43. The van der Waals surface area contributed by atoms with Crippen molar-refractivity contribution in [3.8, 4) is 6.07 Å². The normalized spacial score (nSPS) is 15.8. The Morgan fingerprint density at radius 2 is 2.06 bits per heavy atom. The zero-order valence-electron chi connectivity index (χ0n) is 21.7. The first kappa shape index (κ1) is 27.1. The quantitative estimate of drug-likeness (QED) is 0.395. The number of likely N-dealkylation sites (tertiary alicyclic amines) is 1. The summed E-state index contributed by atoms with van der Waals surface area (Å²) in [4.78, 5) is 35.6. The van der Waals surface area contributed by atoms with Crippen LogP contribution in [0.1, 0.15) is 67.3 Å². The molecule has 9 heteroatoms. The van der Waals surface area contributed by atoms with E-state index in [2.05, 4.69) is 20.3 Å². The maximum absolute atomic E-state index is 13.1. The van der Waals surface area contributed by atoms with E-state index in [0.29, 0.717) is 36.9 Å². The molecule has 9 nitrogen and oxygen atoms in total. The van der Waals surface area contributed by atoms with Crippen molar-refractivity contribution < 1.29 is 14.3 Å². The molecule has 1 saturated heterocycles. The molecule has 3 rings (SSSR count). The number of hydrogen-bond acceptors (Lipinski definition) is 8. The number of aromatic nitrogens is 2. The highest BCUT2D eigenvalue weighted by molar-refractivity contribution is 5.95. The molecule has 1 fully saturated rings. The highest BCUT2D eigenvalue weighted by Crippen LogP contribution is 2.22. The van der Waals surface area contributed by atoms with Gasteiger partial charge in [0.1, 0.15) is 6.07 Å². The molecule has 192 valence electrons. The lowest BCUT2D eigenvalue weighted by Crippen LogP contribution is -2.45. The van der Waals surface area contributed by atoms with E-state index in [1.54, 1.807) is 11.2 Å². The van der Waals surface area contributed by atoms with Crippen molar-refractivity contribution in [1.82, 2.24) is 20.3 Å². The van der Waals surface area contributed by atoms with Gasteiger partial charge in [0, 0.05) is 43.4 Å². The van der Waals surface area contributed by atoms with Crippen molar-refractivity contribution in [2.45, 2.75) is 53.5 Å². The van der Waals surface area contributed by atoms with E-state index in [4.69, 9.17) is 4.74 Å². The number of hydrogen-bond donors (Lipinski definition) is 1. The summed E-state index contributed by atoms with van der Waals surface area (Å²) < 4.78 is 5.11. The first-order valence-electron chi connectivity index (χ1n) is 12.6. The lowest BCUT2D eigenvalue weighted by atomic mass is 9.94. The molecule has 0 saturated carbocycles. The van der Waals surface area contributed by atoms with Gasteiger partial charge >= 0.3 is 5.97 Å². The molecule has 0 aliphatic carbocycles. The van der Waals surface area contributed by atoms with Gasteiger partial charge in [-0.3, -0.25) is 24.9 Å². The largest absolute Gasteiger partial charge is 0.466 e. The Hall–Kier alpha value is -3.51. The van der Waals surface area contributed by atoms with E-state index in [1.165, 1.54) is 0 Å². The summed E-state index contributed by atoms with van der Waals surface area (Å²) >= 11 is 0. The summed E-state index contributed by atoms with van der Waals surface area (Å²) in [5.74, 6) is 0.789. The minimum Gasteiger partial charge on any atom is -0.466 e. The summed E-state index contributed by atoms with van der Waals surface area (Å²) in [5.41, 5.74) is 5.38. The zero-order chi connectivity index (χ0) is 26.1. The van der Waals surface area contributed by atoms with Crippen molar-refractivity contribution in [2.24, 2.45) is 11.8 Å². The minimum atomic E-state index is -0.244. The number of aryl methyl sites for hydroxylation is 1. The van der Waals surface area contributed by atoms with Crippen LogP contribution in [-0.2, 0) is 16.1 Å². The van der Waals surface area contributed by atoms with Crippen molar-refractivity contribution in [2.75, 3.05) is 31.3 Å². The molecule has 1 atom stereocenters. The molecular weight excluding hydrogens is 456 g/mol. The molecule has 0 spiro atoms. The van der Waals surface area contributed by atoms with Crippen LogP contribution in [0, 0.1) is 30.1 Å². The third-order valence-corrected chi connectivity index (χ3v) is 6.07. The number of esters is 1. The Bertz CT molecular complexity index is 1080. The fraction of sp³-hybridized carbons (Fsp3) is 0.519. The number of benzene rings is 1. The summed E-state index contributed by atoms with van der Waals surface area (Å²) in [7, 11) is 0. The molecule has 1 aliphatic heterocycles. The molecule has 1 aromatic heterocycles. The van der Waals surface area contributed by atoms with Gasteiger partial charge in [-0.1, -0.05) is 26.0 Å². The molecule has 0 radical (unpaired) electrons. The average Bonchev–Trinajstić information content (AvgIpc) is 2.84. The third kappa shape index (κ3) is 7.75. The van der Waals surface area contributed by atoms with E-state index in [1.807, 2.05) is 58.0 Å². The van der Waals surface area contributed by atoms with Gasteiger partial charge in [0.25, 0.3) is 5.91 Å². The lowest BCUT2D eigenvalue weighted by Gasteiger charge is -2.32. The SMILES string of the molecule is CCOC(=O)CC1CCCN(Cc2ccc(C(=O)NN(CC(C)C)c3nc(C#N)ncc3C)cc2)C1. The van der Waals surface area contributed by atoms with Crippen LogP contribution >= 0.6 is 0 Å². The highest BCUT2D eigenvalue weighted by Gasteiger charge is 2.23. The van der Waals surface area contributed by atoms with Gasteiger partial charge < -0.3 is 4.74 Å². The van der Waals surface area contributed by atoms with Crippen LogP contribution < -0.4 is 10.4 Å². The smallest absolute Gasteiger partial charge is 0.306 e. The zero-order valence-corrected chi connectivity index (χ0v) is 21.7. The molecule has 2 aromatic rings. The van der Waals surface area contributed by atoms with Gasteiger partial charge in [0.05, 0.1) is 6.61 Å². The molecular formula is C27H36N6O3.